The first kappa shape index (κ1) is 32.8. The number of rotatable bonds is 6. The highest BCUT2D eigenvalue weighted by atomic mass is 32.1. The number of para-hydroxylation sites is 2. The smallest absolute Gasteiger partial charge is 0.145 e. The Bertz CT molecular complexity index is 3510. The van der Waals surface area contributed by atoms with Crippen LogP contribution in [0.4, 0.5) is 17.1 Å². The third kappa shape index (κ3) is 5.05. The van der Waals surface area contributed by atoms with E-state index >= 15 is 0 Å². The Labute approximate surface area is 338 Å². The fourth-order valence-corrected chi connectivity index (χ4v) is 10.1. The molecule has 12 rings (SSSR count). The first-order valence-electron chi connectivity index (χ1n) is 19.7. The average molecular weight is 759 g/mol. The van der Waals surface area contributed by atoms with E-state index < -0.39 is 0 Å². The van der Waals surface area contributed by atoms with Crippen LogP contribution in [0.5, 0.6) is 0 Å². The normalized spacial score (nSPS) is 11.8. The van der Waals surface area contributed by atoms with E-state index in [9.17, 15) is 0 Å². The van der Waals surface area contributed by atoms with Crippen molar-refractivity contribution in [1.29, 1.82) is 0 Å². The van der Waals surface area contributed by atoms with Crippen LogP contribution < -0.4 is 4.90 Å². The van der Waals surface area contributed by atoms with Gasteiger partial charge in [-0.2, -0.15) is 0 Å². The number of hydrogen-bond acceptors (Lipinski definition) is 3. The van der Waals surface area contributed by atoms with E-state index in [1.54, 1.807) is 0 Å². The van der Waals surface area contributed by atoms with Crippen molar-refractivity contribution in [2.45, 2.75) is 0 Å². The molecule has 0 fully saturated rings. The molecule has 0 radical (unpaired) electrons. The van der Waals surface area contributed by atoms with Gasteiger partial charge in [-0.1, -0.05) is 133 Å². The van der Waals surface area contributed by atoms with Crippen LogP contribution in [0.1, 0.15) is 0 Å². The van der Waals surface area contributed by atoms with Gasteiger partial charge in [-0.15, -0.1) is 11.3 Å². The van der Waals surface area contributed by atoms with Crippen LogP contribution in [-0.4, -0.2) is 4.57 Å². The zero-order valence-corrected chi connectivity index (χ0v) is 32.2. The Hall–Kier alpha value is -7.40. The quantitative estimate of drug-likeness (QED) is 0.168. The lowest BCUT2D eigenvalue weighted by Crippen LogP contribution is -2.11. The van der Waals surface area contributed by atoms with Gasteiger partial charge in [0.15, 0.2) is 0 Å². The maximum Gasteiger partial charge on any atom is 0.145 e. The van der Waals surface area contributed by atoms with Crippen molar-refractivity contribution < 1.29 is 4.42 Å². The van der Waals surface area contributed by atoms with Crippen molar-refractivity contribution in [1.82, 2.24) is 4.57 Å². The summed E-state index contributed by atoms with van der Waals surface area (Å²) >= 11 is 1.85. The fraction of sp³-hybridized carbons (Fsp3) is 0. The Morgan fingerprint density at radius 1 is 0.414 bits per heavy atom. The molecule has 0 saturated heterocycles. The van der Waals surface area contributed by atoms with Crippen LogP contribution in [0.2, 0.25) is 0 Å². The number of thiophene rings is 1. The van der Waals surface area contributed by atoms with Gasteiger partial charge in [-0.05, 0) is 89.5 Å². The van der Waals surface area contributed by atoms with Crippen molar-refractivity contribution in [2.75, 3.05) is 4.90 Å². The van der Waals surface area contributed by atoms with E-state index in [1.807, 2.05) is 11.3 Å². The Kier molecular flexibility index (Phi) is 7.40. The van der Waals surface area contributed by atoms with Crippen LogP contribution in [0.25, 0.3) is 91.9 Å². The molecular weight excluding hydrogens is 725 g/mol. The van der Waals surface area contributed by atoms with Crippen LogP contribution in [0, 0.1) is 0 Å². The molecule has 0 N–H and O–H groups in total. The summed E-state index contributed by atoms with van der Waals surface area (Å²) < 4.78 is 12.0. The van der Waals surface area contributed by atoms with Crippen molar-refractivity contribution in [2.24, 2.45) is 0 Å². The summed E-state index contributed by atoms with van der Waals surface area (Å²) in [6.07, 6.45) is 0. The summed E-state index contributed by atoms with van der Waals surface area (Å²) in [7, 11) is 0. The van der Waals surface area contributed by atoms with Gasteiger partial charge in [0.2, 0.25) is 0 Å². The largest absolute Gasteiger partial charge is 0.455 e. The molecule has 272 valence electrons. The molecular formula is C54H34N2OS. The van der Waals surface area contributed by atoms with Gasteiger partial charge in [0.05, 0.1) is 27.8 Å². The predicted molar refractivity (Wildman–Crippen MR) is 247 cm³/mol. The minimum atomic E-state index is 0.861. The number of fused-ring (bicyclic) bond motifs is 9. The molecule has 0 atom stereocenters. The number of nitrogens with zero attached hydrogens (tertiary/aromatic N) is 2. The molecule has 0 aliphatic rings. The van der Waals surface area contributed by atoms with Crippen LogP contribution in [-0.2, 0) is 0 Å². The molecule has 3 aromatic heterocycles. The first-order valence-corrected chi connectivity index (χ1v) is 20.5. The summed E-state index contributed by atoms with van der Waals surface area (Å²) in [5, 5.41) is 7.11. The van der Waals surface area contributed by atoms with Gasteiger partial charge in [0.1, 0.15) is 11.2 Å². The molecule has 0 aliphatic heterocycles. The van der Waals surface area contributed by atoms with Crippen molar-refractivity contribution in [3.8, 4) is 27.9 Å². The van der Waals surface area contributed by atoms with Gasteiger partial charge in [-0.3, -0.25) is 0 Å². The van der Waals surface area contributed by atoms with Gasteiger partial charge >= 0.3 is 0 Å². The topological polar surface area (TPSA) is 21.3 Å². The molecule has 0 spiro atoms. The number of benzene rings is 9. The van der Waals surface area contributed by atoms with Gasteiger partial charge in [0, 0.05) is 53.3 Å². The molecule has 4 heteroatoms. The van der Waals surface area contributed by atoms with E-state index in [1.165, 1.54) is 36.5 Å². The predicted octanol–water partition coefficient (Wildman–Crippen LogP) is 15.9. The van der Waals surface area contributed by atoms with Crippen molar-refractivity contribution in [3.05, 3.63) is 206 Å². The zero-order chi connectivity index (χ0) is 38.2. The lowest BCUT2D eigenvalue weighted by molar-refractivity contribution is 0.670. The second kappa shape index (κ2) is 13.1. The minimum Gasteiger partial charge on any atom is -0.455 e. The Balaban J connectivity index is 1.20. The minimum absolute atomic E-state index is 0.861. The highest BCUT2D eigenvalue weighted by Crippen LogP contribution is 2.50. The van der Waals surface area contributed by atoms with Gasteiger partial charge < -0.3 is 13.9 Å². The first-order chi connectivity index (χ1) is 28.8. The molecule has 0 amide bonds. The van der Waals surface area contributed by atoms with Gasteiger partial charge in [-0.25, -0.2) is 0 Å². The van der Waals surface area contributed by atoms with E-state index in [0.29, 0.717) is 0 Å². The summed E-state index contributed by atoms with van der Waals surface area (Å²) in [6.45, 7) is 0. The number of furan rings is 1. The van der Waals surface area contributed by atoms with Crippen molar-refractivity contribution >= 4 is 92.3 Å². The number of anilines is 3. The number of hydrogen-bond donors (Lipinski definition) is 0. The monoisotopic (exact) mass is 758 g/mol. The number of aromatic nitrogens is 1. The molecule has 9 aromatic carbocycles. The molecule has 3 heterocycles. The second-order valence-electron chi connectivity index (χ2n) is 14.9. The van der Waals surface area contributed by atoms with E-state index in [4.69, 9.17) is 4.42 Å². The van der Waals surface area contributed by atoms with E-state index in [-0.39, 0.29) is 0 Å². The summed E-state index contributed by atoms with van der Waals surface area (Å²) in [5.41, 5.74) is 12.9. The molecule has 0 bridgehead atoms. The highest BCUT2D eigenvalue weighted by molar-refractivity contribution is 7.25. The second-order valence-corrected chi connectivity index (χ2v) is 15.9. The van der Waals surface area contributed by atoms with Crippen LogP contribution >= 0.6 is 11.3 Å². The lowest BCUT2D eigenvalue weighted by Gasteiger charge is -2.28. The van der Waals surface area contributed by atoms with Crippen molar-refractivity contribution in [3.63, 3.8) is 0 Å². The maximum absolute atomic E-state index is 7.06. The standard InChI is InChI=1S/C54H34N2OS/c1-4-15-35(16-5-1)37-27-29-44-49(33-37)57-54-40(36-17-6-2-7-18-36)31-32-48(53(44)54)56(39-28-30-42-41-21-11-13-26-50(41)58-51(42)34-39)47-25-14-24-46-52(47)43-22-10-12-23-45(43)55(46)38-19-8-3-9-20-38/h1-34H. The molecule has 0 saturated carbocycles. The summed E-state index contributed by atoms with van der Waals surface area (Å²) in [6, 6.07) is 74.3. The van der Waals surface area contributed by atoms with E-state index in [0.717, 1.165) is 72.5 Å². The molecule has 0 unspecified atom stereocenters. The highest BCUT2D eigenvalue weighted by Gasteiger charge is 2.26. The SMILES string of the molecule is c1ccc(-c2ccc3c(c2)oc2c(-c4ccccc4)ccc(N(c4ccc5c(c4)sc4ccccc45)c4cccc5c4c4ccccc4n5-c4ccccc4)c23)cc1. The molecule has 58 heavy (non-hydrogen) atoms. The maximum atomic E-state index is 7.06. The van der Waals surface area contributed by atoms with Crippen LogP contribution in [0.15, 0.2) is 211 Å². The Morgan fingerprint density at radius 3 is 1.90 bits per heavy atom. The molecule has 12 aromatic rings. The summed E-state index contributed by atoms with van der Waals surface area (Å²) in [4.78, 5) is 2.48. The Morgan fingerprint density at radius 2 is 1.07 bits per heavy atom. The average Bonchev–Trinajstić information content (AvgIpc) is 3.97. The van der Waals surface area contributed by atoms with Crippen LogP contribution in [0.3, 0.4) is 0 Å². The molecule has 3 nitrogen and oxygen atoms in total. The van der Waals surface area contributed by atoms with E-state index in [2.05, 4.69) is 216 Å². The molecule has 0 aliphatic carbocycles. The van der Waals surface area contributed by atoms with Gasteiger partial charge in [0.25, 0.3) is 0 Å². The third-order valence-electron chi connectivity index (χ3n) is 11.6. The fourth-order valence-electron chi connectivity index (χ4n) is 9.01. The third-order valence-corrected chi connectivity index (χ3v) is 12.7. The zero-order valence-electron chi connectivity index (χ0n) is 31.3. The lowest BCUT2D eigenvalue weighted by atomic mass is 9.98. The summed E-state index contributed by atoms with van der Waals surface area (Å²) in [5.74, 6) is 0.